The quantitative estimate of drug-likeness (QED) is 0.686. The summed E-state index contributed by atoms with van der Waals surface area (Å²) in [7, 11) is 1.55. The first-order valence-corrected chi connectivity index (χ1v) is 11.4. The van der Waals surface area contributed by atoms with E-state index in [0.717, 1.165) is 5.69 Å². The number of nitrogens with zero attached hydrogens (tertiary/aromatic N) is 2. The molecular weight excluding hydrogens is 424 g/mol. The molecule has 3 aliphatic rings. The molecule has 2 heterocycles. The van der Waals surface area contributed by atoms with Crippen molar-refractivity contribution < 1.29 is 28.9 Å². The Labute approximate surface area is 192 Å². The van der Waals surface area contributed by atoms with Crippen LogP contribution in [0.4, 0.5) is 10.5 Å². The van der Waals surface area contributed by atoms with E-state index in [9.17, 15) is 9.59 Å². The summed E-state index contributed by atoms with van der Waals surface area (Å²) >= 11 is 0. The average Bonchev–Trinajstić information content (AvgIpc) is 3.46. The lowest BCUT2D eigenvalue weighted by atomic mass is 10.1. The third-order valence-corrected chi connectivity index (χ3v) is 6.53. The smallest absolute Gasteiger partial charge is 0.407 e. The van der Waals surface area contributed by atoms with E-state index in [-0.39, 0.29) is 12.0 Å². The highest BCUT2D eigenvalue weighted by Gasteiger charge is 2.35. The fourth-order valence-corrected chi connectivity index (χ4v) is 4.52. The van der Waals surface area contributed by atoms with Gasteiger partial charge < -0.3 is 29.1 Å². The van der Waals surface area contributed by atoms with Gasteiger partial charge in [0.25, 0.3) is 5.91 Å². The second-order valence-electron chi connectivity index (χ2n) is 8.82. The Balaban J connectivity index is 1.23. The number of amides is 2. The number of carbonyl (C=O) groups excluding carboxylic acids is 1. The van der Waals surface area contributed by atoms with Crippen LogP contribution in [0.5, 0.6) is 17.2 Å². The summed E-state index contributed by atoms with van der Waals surface area (Å²) in [5.41, 5.74) is 2.06. The summed E-state index contributed by atoms with van der Waals surface area (Å²) in [6.45, 7) is 1.34. The number of hydrogen-bond donors (Lipinski definition) is 1. The fourth-order valence-electron chi connectivity index (χ4n) is 4.52. The second-order valence-corrected chi connectivity index (χ2v) is 8.82. The maximum absolute atomic E-state index is 13.0. The van der Waals surface area contributed by atoms with Crippen molar-refractivity contribution in [1.29, 1.82) is 0 Å². The summed E-state index contributed by atoms with van der Waals surface area (Å²) in [5.74, 6) is 2.37. The molecule has 1 N–H and O–H groups in total. The van der Waals surface area contributed by atoms with Crippen LogP contribution in [0.15, 0.2) is 42.5 Å². The van der Waals surface area contributed by atoms with Gasteiger partial charge in [0, 0.05) is 37.7 Å². The van der Waals surface area contributed by atoms with Crippen molar-refractivity contribution in [2.45, 2.75) is 43.8 Å². The van der Waals surface area contributed by atoms with Crippen LogP contribution in [-0.2, 0) is 4.79 Å². The van der Waals surface area contributed by atoms with Crippen LogP contribution < -0.4 is 19.1 Å². The molecule has 0 bridgehead atoms. The van der Waals surface area contributed by atoms with E-state index in [1.54, 1.807) is 24.1 Å². The normalized spacial score (nSPS) is 22.5. The van der Waals surface area contributed by atoms with E-state index < -0.39 is 12.2 Å². The maximum Gasteiger partial charge on any atom is 0.407 e. The minimum Gasteiger partial charge on any atom is -0.493 e. The molecule has 1 aliphatic carbocycles. The number of carbonyl (C=O) groups is 2. The summed E-state index contributed by atoms with van der Waals surface area (Å²) in [5, 5.41) is 9.13. The van der Waals surface area contributed by atoms with Crippen LogP contribution in [0.1, 0.15) is 37.2 Å². The second kappa shape index (κ2) is 8.84. The predicted octanol–water partition coefficient (Wildman–Crippen LogP) is 3.89. The molecule has 2 aromatic rings. The number of ether oxygens (including phenoxy) is 3. The van der Waals surface area contributed by atoms with Crippen LogP contribution in [-0.4, -0.2) is 61.0 Å². The molecule has 0 radical (unpaired) electrons. The number of anilines is 1. The molecule has 2 atom stereocenters. The molecule has 1 saturated carbocycles. The Morgan fingerprint density at radius 1 is 0.970 bits per heavy atom. The van der Waals surface area contributed by atoms with E-state index in [2.05, 4.69) is 12.1 Å². The van der Waals surface area contributed by atoms with Gasteiger partial charge in [-0.05, 0) is 48.6 Å². The molecule has 8 nitrogen and oxygen atoms in total. The highest BCUT2D eigenvalue weighted by molar-refractivity contribution is 5.99. The predicted molar refractivity (Wildman–Crippen MR) is 121 cm³/mol. The largest absolute Gasteiger partial charge is 0.493 e. The van der Waals surface area contributed by atoms with Gasteiger partial charge in [-0.25, -0.2) is 4.79 Å². The van der Waals surface area contributed by atoms with Gasteiger partial charge in [0.2, 0.25) is 0 Å². The first-order chi connectivity index (χ1) is 16.0. The van der Waals surface area contributed by atoms with Gasteiger partial charge in [0.1, 0.15) is 11.9 Å². The number of carboxylic acid groups (broad SMARTS) is 1. The van der Waals surface area contributed by atoms with Crippen molar-refractivity contribution in [3.05, 3.63) is 48.0 Å². The van der Waals surface area contributed by atoms with Crippen LogP contribution in [0.25, 0.3) is 0 Å². The number of methoxy groups -OCH3 is 1. The van der Waals surface area contributed by atoms with E-state index in [0.29, 0.717) is 55.6 Å². The topological polar surface area (TPSA) is 88.5 Å². The summed E-state index contributed by atoms with van der Waals surface area (Å²) < 4.78 is 17.5. The third-order valence-electron chi connectivity index (χ3n) is 6.53. The highest BCUT2D eigenvalue weighted by atomic mass is 16.5. The van der Waals surface area contributed by atoms with Gasteiger partial charge in [0.05, 0.1) is 13.7 Å². The number of benzene rings is 2. The molecule has 2 aliphatic heterocycles. The summed E-state index contributed by atoms with van der Waals surface area (Å²) in [6, 6.07) is 13.5. The van der Waals surface area contributed by atoms with Gasteiger partial charge in [-0.1, -0.05) is 12.1 Å². The Morgan fingerprint density at radius 2 is 1.76 bits per heavy atom. The molecule has 0 aromatic heterocycles. The maximum atomic E-state index is 13.0. The van der Waals surface area contributed by atoms with Crippen LogP contribution in [0.2, 0.25) is 0 Å². The minimum absolute atomic E-state index is 0.0788. The SMILES string of the molecule is COc1cc(N2CCC(Oc3ccc(C4CC4)cc3)C2=O)ccc1OC1CCN(C(=O)O)C1. The van der Waals surface area contributed by atoms with E-state index in [1.807, 2.05) is 18.2 Å². The fraction of sp³-hybridized carbons (Fsp3) is 0.440. The molecule has 33 heavy (non-hydrogen) atoms. The monoisotopic (exact) mass is 452 g/mol. The van der Waals surface area contributed by atoms with E-state index >= 15 is 0 Å². The van der Waals surface area contributed by atoms with Crippen LogP contribution in [0.3, 0.4) is 0 Å². The summed E-state index contributed by atoms with van der Waals surface area (Å²) in [4.78, 5) is 27.2. The molecular formula is C25H28N2O6. The molecule has 2 saturated heterocycles. The molecule has 2 aromatic carbocycles. The summed E-state index contributed by atoms with van der Waals surface area (Å²) in [6.07, 6.45) is 2.07. The Bertz CT molecular complexity index is 1040. The van der Waals surface area contributed by atoms with Crippen molar-refractivity contribution in [2.75, 3.05) is 31.6 Å². The van der Waals surface area contributed by atoms with Crippen molar-refractivity contribution in [2.24, 2.45) is 0 Å². The Morgan fingerprint density at radius 3 is 2.42 bits per heavy atom. The lowest BCUT2D eigenvalue weighted by Gasteiger charge is -2.21. The van der Waals surface area contributed by atoms with Gasteiger partial charge in [-0.3, -0.25) is 4.79 Å². The van der Waals surface area contributed by atoms with Crippen molar-refractivity contribution in [3.8, 4) is 17.2 Å². The molecule has 0 spiro atoms. The van der Waals surface area contributed by atoms with Crippen LogP contribution >= 0.6 is 0 Å². The Kier molecular flexibility index (Phi) is 5.74. The molecule has 2 unspecified atom stereocenters. The lowest BCUT2D eigenvalue weighted by Crippen LogP contribution is -2.32. The van der Waals surface area contributed by atoms with Crippen molar-refractivity contribution in [1.82, 2.24) is 4.90 Å². The number of rotatable bonds is 7. The highest BCUT2D eigenvalue weighted by Crippen LogP contribution is 2.40. The van der Waals surface area contributed by atoms with Gasteiger partial charge in [-0.15, -0.1) is 0 Å². The molecule has 3 fully saturated rings. The first-order valence-electron chi connectivity index (χ1n) is 11.4. The van der Waals surface area contributed by atoms with Gasteiger partial charge in [-0.2, -0.15) is 0 Å². The zero-order valence-electron chi connectivity index (χ0n) is 18.6. The van der Waals surface area contributed by atoms with Crippen molar-refractivity contribution in [3.63, 3.8) is 0 Å². The van der Waals surface area contributed by atoms with Gasteiger partial charge in [0.15, 0.2) is 17.6 Å². The molecule has 8 heteroatoms. The van der Waals surface area contributed by atoms with Gasteiger partial charge >= 0.3 is 6.09 Å². The zero-order valence-corrected chi connectivity index (χ0v) is 18.6. The number of hydrogen-bond acceptors (Lipinski definition) is 5. The molecule has 2 amide bonds. The van der Waals surface area contributed by atoms with Crippen LogP contribution in [0, 0.1) is 0 Å². The first kappa shape index (κ1) is 21.4. The average molecular weight is 453 g/mol. The third kappa shape index (κ3) is 4.55. The zero-order chi connectivity index (χ0) is 22.9. The van der Waals surface area contributed by atoms with Crippen molar-refractivity contribution >= 4 is 17.7 Å². The number of likely N-dealkylation sites (tertiary alicyclic amines) is 1. The van der Waals surface area contributed by atoms with E-state index in [1.165, 1.54) is 23.3 Å². The lowest BCUT2D eigenvalue weighted by molar-refractivity contribution is -0.122. The Hall–Kier alpha value is -3.42. The minimum atomic E-state index is -0.938. The van der Waals surface area contributed by atoms with E-state index in [4.69, 9.17) is 19.3 Å². The molecule has 174 valence electrons. The standard InChI is InChI=1S/C25H28N2O6/c1-31-23-14-18(6-9-21(23)33-20-10-12-26(15-20)25(29)30)27-13-11-22(24(27)28)32-19-7-4-17(5-8-19)16-2-3-16/h4-9,14,16,20,22H,2-3,10-13,15H2,1H3,(H,29,30). The molecule has 5 rings (SSSR count).